The maximum absolute atomic E-state index is 13.5. The van der Waals surface area contributed by atoms with Crippen LogP contribution in [0.2, 0.25) is 0 Å². The predicted octanol–water partition coefficient (Wildman–Crippen LogP) is 4.34. The van der Waals surface area contributed by atoms with Crippen LogP contribution in [0.3, 0.4) is 0 Å². The van der Waals surface area contributed by atoms with E-state index in [9.17, 15) is 9.90 Å². The number of amides is 1. The molecule has 2 aliphatic heterocycles. The Labute approximate surface area is 199 Å². The molecule has 34 heavy (non-hydrogen) atoms. The molecule has 0 radical (unpaired) electrons. The van der Waals surface area contributed by atoms with Crippen LogP contribution < -0.4 is 18.9 Å². The highest BCUT2D eigenvalue weighted by atomic mass is 16.7. The van der Waals surface area contributed by atoms with Crippen molar-refractivity contribution >= 4 is 12.0 Å². The van der Waals surface area contributed by atoms with Crippen LogP contribution in [0.4, 0.5) is 0 Å². The minimum absolute atomic E-state index is 0.0315. The Bertz CT molecular complexity index is 1100. The van der Waals surface area contributed by atoms with Gasteiger partial charge in [-0.15, -0.1) is 0 Å². The minimum atomic E-state index is -0.756. The summed E-state index contributed by atoms with van der Waals surface area (Å²) in [6, 6.07) is 11.2. The molecule has 1 saturated heterocycles. The highest BCUT2D eigenvalue weighted by Gasteiger charge is 2.50. The normalized spacial score (nSPS) is 25.8. The van der Waals surface area contributed by atoms with E-state index >= 15 is 0 Å². The first-order valence-corrected chi connectivity index (χ1v) is 11.8. The maximum atomic E-state index is 13.5. The van der Waals surface area contributed by atoms with E-state index in [1.807, 2.05) is 41.3 Å². The number of ether oxygens (including phenoxy) is 4. The summed E-state index contributed by atoms with van der Waals surface area (Å²) >= 11 is 0. The van der Waals surface area contributed by atoms with Gasteiger partial charge in [-0.3, -0.25) is 4.79 Å². The van der Waals surface area contributed by atoms with E-state index in [4.69, 9.17) is 18.9 Å². The number of carbonyl (C=O) groups excluding carboxylic acids is 1. The number of hydrogen-bond acceptors (Lipinski definition) is 6. The molecule has 7 nitrogen and oxygen atoms in total. The molecule has 1 amide bonds. The Hall–Kier alpha value is -3.19. The number of piperidine rings is 1. The molecule has 0 bridgehead atoms. The fraction of sp³-hybridized carbons (Fsp3) is 0.444. The van der Waals surface area contributed by atoms with Crippen LogP contribution in [0.1, 0.15) is 49.3 Å². The van der Waals surface area contributed by atoms with Crippen LogP contribution in [0.25, 0.3) is 6.08 Å². The van der Waals surface area contributed by atoms with Gasteiger partial charge < -0.3 is 29.0 Å². The largest absolute Gasteiger partial charge is 0.493 e. The van der Waals surface area contributed by atoms with Gasteiger partial charge in [-0.1, -0.05) is 25.0 Å². The molecule has 5 rings (SSSR count). The average molecular weight is 466 g/mol. The van der Waals surface area contributed by atoms with Gasteiger partial charge in [0.2, 0.25) is 12.7 Å². The van der Waals surface area contributed by atoms with E-state index < -0.39 is 5.60 Å². The van der Waals surface area contributed by atoms with E-state index in [1.165, 1.54) is 0 Å². The van der Waals surface area contributed by atoms with E-state index in [-0.39, 0.29) is 24.7 Å². The molecular weight excluding hydrogens is 434 g/mol. The topological polar surface area (TPSA) is 77.5 Å². The molecule has 1 N–H and O–H groups in total. The summed E-state index contributed by atoms with van der Waals surface area (Å²) in [4.78, 5) is 15.4. The van der Waals surface area contributed by atoms with Crippen molar-refractivity contribution in [2.24, 2.45) is 5.92 Å². The molecule has 3 aliphatic rings. The van der Waals surface area contributed by atoms with Gasteiger partial charge in [0.25, 0.3) is 0 Å². The van der Waals surface area contributed by atoms with Crippen LogP contribution in [0.5, 0.6) is 23.0 Å². The second kappa shape index (κ2) is 9.22. The van der Waals surface area contributed by atoms with Crippen molar-refractivity contribution in [2.75, 3.05) is 27.6 Å². The molecule has 2 heterocycles. The van der Waals surface area contributed by atoms with Gasteiger partial charge in [0, 0.05) is 18.5 Å². The van der Waals surface area contributed by atoms with Crippen molar-refractivity contribution in [2.45, 2.75) is 43.7 Å². The fourth-order valence-electron chi connectivity index (χ4n) is 5.66. The third kappa shape index (κ3) is 4.09. The highest BCUT2D eigenvalue weighted by Crippen LogP contribution is 2.50. The Balaban J connectivity index is 1.46. The molecule has 0 unspecified atom stereocenters. The van der Waals surface area contributed by atoms with Crippen LogP contribution in [-0.4, -0.2) is 49.1 Å². The van der Waals surface area contributed by atoms with Gasteiger partial charge in [-0.05, 0) is 60.7 Å². The van der Waals surface area contributed by atoms with Gasteiger partial charge in [-0.25, -0.2) is 0 Å². The number of rotatable bonds is 5. The average Bonchev–Trinajstić information content (AvgIpc) is 3.34. The van der Waals surface area contributed by atoms with Gasteiger partial charge >= 0.3 is 0 Å². The van der Waals surface area contributed by atoms with Gasteiger partial charge in [0.05, 0.1) is 25.9 Å². The first-order valence-electron chi connectivity index (χ1n) is 11.8. The molecule has 3 atom stereocenters. The Morgan fingerprint density at radius 1 is 1.06 bits per heavy atom. The number of aliphatic hydroxyl groups is 1. The van der Waals surface area contributed by atoms with Crippen LogP contribution in [0.15, 0.2) is 42.5 Å². The lowest BCUT2D eigenvalue weighted by Crippen LogP contribution is -2.56. The Kier molecular flexibility index (Phi) is 6.13. The molecule has 1 aliphatic carbocycles. The lowest BCUT2D eigenvalue weighted by molar-refractivity contribution is -0.150. The monoisotopic (exact) mass is 465 g/mol. The van der Waals surface area contributed by atoms with Crippen molar-refractivity contribution < 1.29 is 28.8 Å². The zero-order valence-corrected chi connectivity index (χ0v) is 19.7. The standard InChI is InChI=1S/C27H31NO6/c1-31-21-10-8-19(16-23(21)32-2)26-20-5-3-4-12-27(20,30)13-14-28(26)25(29)11-7-18-6-9-22-24(15-18)34-17-33-22/h6-11,15-16,20,26,30H,3-5,12-14,17H2,1-2H3/b11-7+/t20-,26+,27-/m1/s1. The summed E-state index contributed by atoms with van der Waals surface area (Å²) in [5.41, 5.74) is 1.06. The summed E-state index contributed by atoms with van der Waals surface area (Å²) < 4.78 is 21.8. The third-order valence-corrected chi connectivity index (χ3v) is 7.41. The zero-order valence-electron chi connectivity index (χ0n) is 19.7. The number of carbonyl (C=O) groups is 1. The molecule has 0 spiro atoms. The zero-order chi connectivity index (χ0) is 23.7. The number of hydrogen-bond donors (Lipinski definition) is 1. The lowest BCUT2D eigenvalue weighted by atomic mass is 9.66. The minimum Gasteiger partial charge on any atom is -0.493 e. The van der Waals surface area contributed by atoms with Crippen LogP contribution >= 0.6 is 0 Å². The number of benzene rings is 2. The van der Waals surface area contributed by atoms with Crippen molar-refractivity contribution in [3.63, 3.8) is 0 Å². The molecular formula is C27H31NO6. The number of nitrogens with zero attached hydrogens (tertiary/aromatic N) is 1. The molecule has 7 heteroatoms. The van der Waals surface area contributed by atoms with Crippen molar-refractivity contribution in [1.29, 1.82) is 0 Å². The lowest BCUT2D eigenvalue weighted by Gasteiger charge is -2.52. The third-order valence-electron chi connectivity index (χ3n) is 7.41. The second-order valence-corrected chi connectivity index (χ2v) is 9.24. The molecule has 2 fully saturated rings. The smallest absolute Gasteiger partial charge is 0.247 e. The van der Waals surface area contributed by atoms with Gasteiger partial charge in [0.15, 0.2) is 23.0 Å². The summed E-state index contributed by atoms with van der Waals surface area (Å²) in [5.74, 6) is 2.54. The molecule has 2 aromatic rings. The maximum Gasteiger partial charge on any atom is 0.247 e. The highest BCUT2D eigenvalue weighted by molar-refractivity contribution is 5.92. The Morgan fingerprint density at radius 3 is 2.71 bits per heavy atom. The SMILES string of the molecule is COc1ccc([C@H]2[C@H]3CCCC[C@@]3(O)CCN2C(=O)/C=C/c2ccc3c(c2)OCO3)cc1OC. The van der Waals surface area contributed by atoms with Gasteiger partial charge in [0.1, 0.15) is 0 Å². The Morgan fingerprint density at radius 2 is 1.88 bits per heavy atom. The molecule has 0 aromatic heterocycles. The van der Waals surface area contributed by atoms with E-state index in [2.05, 4.69) is 0 Å². The van der Waals surface area contributed by atoms with E-state index in [0.717, 1.165) is 36.8 Å². The molecule has 2 aromatic carbocycles. The van der Waals surface area contributed by atoms with Gasteiger partial charge in [-0.2, -0.15) is 0 Å². The number of likely N-dealkylation sites (tertiary alicyclic amines) is 1. The fourth-order valence-corrected chi connectivity index (χ4v) is 5.66. The predicted molar refractivity (Wildman–Crippen MR) is 127 cm³/mol. The summed E-state index contributed by atoms with van der Waals surface area (Å²) in [5, 5.41) is 11.5. The van der Waals surface area contributed by atoms with E-state index in [1.54, 1.807) is 26.4 Å². The van der Waals surface area contributed by atoms with Crippen LogP contribution in [-0.2, 0) is 4.79 Å². The first kappa shape index (κ1) is 22.6. The number of methoxy groups -OCH3 is 2. The van der Waals surface area contributed by atoms with Crippen molar-refractivity contribution in [3.05, 3.63) is 53.6 Å². The second-order valence-electron chi connectivity index (χ2n) is 9.24. The van der Waals surface area contributed by atoms with E-state index in [0.29, 0.717) is 36.0 Å². The summed E-state index contributed by atoms with van der Waals surface area (Å²) in [6.45, 7) is 0.711. The number of fused-ring (bicyclic) bond motifs is 2. The van der Waals surface area contributed by atoms with Crippen LogP contribution in [0, 0.1) is 5.92 Å². The van der Waals surface area contributed by atoms with Crippen molar-refractivity contribution in [3.8, 4) is 23.0 Å². The molecule has 1 saturated carbocycles. The van der Waals surface area contributed by atoms with Crippen molar-refractivity contribution in [1.82, 2.24) is 4.90 Å². The summed E-state index contributed by atoms with van der Waals surface area (Å²) in [7, 11) is 3.21. The first-order chi connectivity index (χ1) is 16.5. The molecule has 180 valence electrons. The summed E-state index contributed by atoms with van der Waals surface area (Å²) in [6.07, 6.45) is 7.72. The quantitative estimate of drug-likeness (QED) is 0.662.